The summed E-state index contributed by atoms with van der Waals surface area (Å²) in [6.45, 7) is 2.62. The lowest BCUT2D eigenvalue weighted by molar-refractivity contribution is 0.0926. The lowest BCUT2D eigenvalue weighted by Crippen LogP contribution is -2.44. The molecule has 22 heavy (non-hydrogen) atoms. The number of rotatable bonds is 4. The zero-order valence-corrected chi connectivity index (χ0v) is 13.0. The average Bonchev–Trinajstić information content (AvgIpc) is 3.14. The molecule has 0 aliphatic carbocycles. The summed E-state index contributed by atoms with van der Waals surface area (Å²) in [7, 11) is 0. The van der Waals surface area contributed by atoms with E-state index in [1.807, 2.05) is 25.1 Å². The van der Waals surface area contributed by atoms with E-state index in [4.69, 9.17) is 11.6 Å². The van der Waals surface area contributed by atoms with Crippen LogP contribution < -0.4 is 16.2 Å². The highest BCUT2D eigenvalue weighted by Gasteiger charge is 2.27. The smallest absolute Gasteiger partial charge is 0.274 e. The first-order valence-electron chi connectivity index (χ1n) is 7.27. The van der Waals surface area contributed by atoms with Gasteiger partial charge >= 0.3 is 0 Å². The minimum Gasteiger partial charge on any atom is -0.334 e. The molecule has 0 spiro atoms. The molecule has 0 bridgehead atoms. The minimum atomic E-state index is -0.273. The average molecular weight is 320 g/mol. The summed E-state index contributed by atoms with van der Waals surface area (Å²) < 4.78 is 1.64. The van der Waals surface area contributed by atoms with Gasteiger partial charge in [0, 0.05) is 25.2 Å². The fourth-order valence-corrected chi connectivity index (χ4v) is 2.73. The fraction of sp³-hybridized carbons (Fsp3) is 0.333. The van der Waals surface area contributed by atoms with E-state index in [0.29, 0.717) is 11.6 Å². The van der Waals surface area contributed by atoms with Gasteiger partial charge < -0.3 is 5.32 Å². The van der Waals surface area contributed by atoms with Crippen molar-refractivity contribution in [3.05, 3.63) is 52.8 Å². The summed E-state index contributed by atoms with van der Waals surface area (Å²) in [5.74, 6) is -0.273. The molecule has 2 atom stereocenters. The number of halogens is 1. The Labute approximate surface area is 133 Å². The van der Waals surface area contributed by atoms with Crippen LogP contribution in [0.5, 0.6) is 0 Å². The first kappa shape index (κ1) is 15.0. The summed E-state index contributed by atoms with van der Waals surface area (Å²) in [6, 6.07) is 10.3. The molecule has 1 aliphatic rings. The molecular weight excluding hydrogens is 302 g/mol. The Balaban J connectivity index is 1.62. The number of aromatic nitrogens is 2. The second-order valence-corrected chi connectivity index (χ2v) is 5.60. The van der Waals surface area contributed by atoms with Crippen LogP contribution in [0.25, 0.3) is 0 Å². The Morgan fingerprint density at radius 2 is 2.18 bits per heavy atom. The summed E-state index contributed by atoms with van der Waals surface area (Å²) >= 11 is 6.05. The van der Waals surface area contributed by atoms with Gasteiger partial charge in [-0.2, -0.15) is 5.10 Å². The Hall–Kier alpha value is -1.89. The molecule has 1 saturated heterocycles. The lowest BCUT2D eigenvalue weighted by Gasteiger charge is -2.11. The predicted molar refractivity (Wildman–Crippen MR) is 84.2 cm³/mol. The third-order valence-corrected chi connectivity index (χ3v) is 3.94. The van der Waals surface area contributed by atoms with Gasteiger partial charge in [-0.15, -0.1) is 0 Å². The normalized spacial score (nSPS) is 21.0. The maximum Gasteiger partial charge on any atom is 0.274 e. The van der Waals surface area contributed by atoms with Crippen LogP contribution in [0.1, 0.15) is 35.4 Å². The molecule has 2 aromatic rings. The number of amides is 1. The van der Waals surface area contributed by atoms with Crippen LogP contribution in [0.15, 0.2) is 36.5 Å². The van der Waals surface area contributed by atoms with Crippen molar-refractivity contribution in [3.8, 4) is 0 Å². The van der Waals surface area contributed by atoms with Crippen LogP contribution in [0.2, 0.25) is 5.02 Å². The molecule has 1 amide bonds. The third kappa shape index (κ3) is 3.14. The molecule has 0 saturated carbocycles. The molecule has 1 fully saturated rings. The van der Waals surface area contributed by atoms with E-state index in [0.717, 1.165) is 6.42 Å². The number of nitrogens with zero attached hydrogens (tertiary/aromatic N) is 2. The van der Waals surface area contributed by atoms with Crippen molar-refractivity contribution >= 4 is 17.5 Å². The second-order valence-electron chi connectivity index (χ2n) is 5.20. The van der Waals surface area contributed by atoms with E-state index < -0.39 is 0 Å². The van der Waals surface area contributed by atoms with Gasteiger partial charge in [-0.3, -0.25) is 9.48 Å². The van der Waals surface area contributed by atoms with Gasteiger partial charge in [0.05, 0.1) is 11.2 Å². The Bertz CT molecular complexity index is 657. The second kappa shape index (κ2) is 6.48. The van der Waals surface area contributed by atoms with E-state index in [1.165, 1.54) is 5.56 Å². The molecular formula is C15H18ClN5O. The van der Waals surface area contributed by atoms with Crippen LogP contribution >= 0.6 is 11.6 Å². The highest BCUT2D eigenvalue weighted by Crippen LogP contribution is 2.21. The number of benzene rings is 1. The van der Waals surface area contributed by atoms with Crippen molar-refractivity contribution in [1.29, 1.82) is 0 Å². The minimum absolute atomic E-state index is 0.162. The molecule has 2 heterocycles. The standard InChI is InChI=1S/C15H18ClN5O/c1-2-21-9-11(16)14(20-21)15(22)17-13-8-12(18-19-13)10-6-4-3-5-7-10/h3-7,9,12-13,18-19H,2,8H2,1H3,(H,17,22). The first-order valence-corrected chi connectivity index (χ1v) is 7.65. The number of carbonyl (C=O) groups excluding carboxylic acids is 1. The van der Waals surface area contributed by atoms with Crippen molar-refractivity contribution in [2.75, 3.05) is 0 Å². The van der Waals surface area contributed by atoms with E-state index in [-0.39, 0.29) is 23.8 Å². The molecule has 116 valence electrons. The topological polar surface area (TPSA) is 71.0 Å². The number of carbonyl (C=O) groups is 1. The predicted octanol–water partition coefficient (Wildman–Crippen LogP) is 1.85. The van der Waals surface area contributed by atoms with E-state index in [1.54, 1.807) is 10.9 Å². The van der Waals surface area contributed by atoms with E-state index in [2.05, 4.69) is 33.4 Å². The van der Waals surface area contributed by atoms with Crippen molar-refractivity contribution in [2.24, 2.45) is 0 Å². The zero-order valence-electron chi connectivity index (χ0n) is 12.2. The fourth-order valence-electron chi connectivity index (χ4n) is 2.49. The van der Waals surface area contributed by atoms with E-state index >= 15 is 0 Å². The van der Waals surface area contributed by atoms with Crippen molar-refractivity contribution in [1.82, 2.24) is 25.9 Å². The Morgan fingerprint density at radius 3 is 2.86 bits per heavy atom. The molecule has 1 aromatic heterocycles. The maximum atomic E-state index is 12.3. The van der Waals surface area contributed by atoms with Crippen LogP contribution in [0.3, 0.4) is 0 Å². The zero-order chi connectivity index (χ0) is 15.5. The summed E-state index contributed by atoms with van der Waals surface area (Å²) in [4.78, 5) is 12.3. The quantitative estimate of drug-likeness (QED) is 0.804. The van der Waals surface area contributed by atoms with Crippen LogP contribution in [0.4, 0.5) is 0 Å². The third-order valence-electron chi connectivity index (χ3n) is 3.67. The number of hydrogen-bond acceptors (Lipinski definition) is 4. The molecule has 0 radical (unpaired) electrons. The SMILES string of the molecule is CCn1cc(Cl)c(C(=O)NC2CC(c3ccccc3)NN2)n1. The van der Waals surface area contributed by atoms with Crippen LogP contribution in [0, 0.1) is 0 Å². The lowest BCUT2D eigenvalue weighted by atomic mass is 10.0. The molecule has 2 unspecified atom stereocenters. The summed E-state index contributed by atoms with van der Waals surface area (Å²) in [5, 5.41) is 7.44. The molecule has 3 N–H and O–H groups in total. The summed E-state index contributed by atoms with van der Waals surface area (Å²) in [5.41, 5.74) is 7.71. The molecule has 6 nitrogen and oxygen atoms in total. The Morgan fingerprint density at radius 1 is 1.41 bits per heavy atom. The highest BCUT2D eigenvalue weighted by molar-refractivity contribution is 6.33. The molecule has 1 aliphatic heterocycles. The van der Waals surface area contributed by atoms with Gasteiger partial charge in [0.2, 0.25) is 0 Å². The first-order chi connectivity index (χ1) is 10.7. The molecule has 3 rings (SSSR count). The largest absolute Gasteiger partial charge is 0.334 e. The summed E-state index contributed by atoms with van der Waals surface area (Å²) in [6.07, 6.45) is 2.24. The number of hydrazine groups is 1. The molecule has 7 heteroatoms. The number of hydrogen-bond donors (Lipinski definition) is 3. The van der Waals surface area contributed by atoms with Gasteiger partial charge in [-0.05, 0) is 12.5 Å². The van der Waals surface area contributed by atoms with Gasteiger partial charge in [0.1, 0.15) is 0 Å². The molecule has 1 aromatic carbocycles. The monoisotopic (exact) mass is 319 g/mol. The van der Waals surface area contributed by atoms with E-state index in [9.17, 15) is 4.79 Å². The number of aryl methyl sites for hydroxylation is 1. The Kier molecular flexibility index (Phi) is 4.42. The van der Waals surface area contributed by atoms with Gasteiger partial charge in [-0.25, -0.2) is 10.9 Å². The van der Waals surface area contributed by atoms with Crippen molar-refractivity contribution < 1.29 is 4.79 Å². The number of nitrogens with one attached hydrogen (secondary N) is 3. The van der Waals surface area contributed by atoms with Gasteiger partial charge in [0.25, 0.3) is 5.91 Å². The highest BCUT2D eigenvalue weighted by atomic mass is 35.5. The van der Waals surface area contributed by atoms with Crippen molar-refractivity contribution in [3.63, 3.8) is 0 Å². The van der Waals surface area contributed by atoms with Gasteiger partial charge in [0.15, 0.2) is 5.69 Å². The van der Waals surface area contributed by atoms with Crippen LogP contribution in [-0.2, 0) is 6.54 Å². The van der Waals surface area contributed by atoms with Crippen molar-refractivity contribution in [2.45, 2.75) is 32.1 Å². The van der Waals surface area contributed by atoms with Crippen LogP contribution in [-0.4, -0.2) is 21.9 Å². The van der Waals surface area contributed by atoms with Gasteiger partial charge in [-0.1, -0.05) is 41.9 Å². The maximum absolute atomic E-state index is 12.3.